The molecule has 3 rings (SSSR count). The molecule has 0 spiro atoms. The zero-order valence-corrected chi connectivity index (χ0v) is 16.5. The van der Waals surface area contributed by atoms with Crippen molar-refractivity contribution in [1.29, 1.82) is 0 Å². The van der Waals surface area contributed by atoms with Crippen molar-refractivity contribution in [2.75, 3.05) is 14.2 Å². The number of ether oxygens (including phenoxy) is 2. The predicted octanol–water partition coefficient (Wildman–Crippen LogP) is 4.38. The van der Waals surface area contributed by atoms with E-state index < -0.39 is 0 Å². The van der Waals surface area contributed by atoms with E-state index in [1.165, 1.54) is 30.2 Å². The van der Waals surface area contributed by atoms with Gasteiger partial charge in [-0.05, 0) is 54.8 Å². The van der Waals surface area contributed by atoms with Gasteiger partial charge in [-0.15, -0.1) is 5.10 Å². The molecule has 0 fully saturated rings. The van der Waals surface area contributed by atoms with E-state index in [1.54, 1.807) is 7.11 Å². The molecule has 0 atom stereocenters. The Morgan fingerprint density at radius 1 is 0.964 bits per heavy atom. The van der Waals surface area contributed by atoms with Gasteiger partial charge >= 0.3 is 6.01 Å². The van der Waals surface area contributed by atoms with E-state index in [4.69, 9.17) is 9.47 Å². The fourth-order valence-corrected chi connectivity index (χ4v) is 2.96. The smallest absolute Gasteiger partial charge is 0.336 e. The molecule has 0 saturated heterocycles. The Hall–Kier alpha value is -3.15. The summed E-state index contributed by atoms with van der Waals surface area (Å²) >= 11 is 0. The van der Waals surface area contributed by atoms with Gasteiger partial charge in [-0.1, -0.05) is 31.9 Å². The summed E-state index contributed by atoms with van der Waals surface area (Å²) in [4.78, 5) is 17.4. The maximum atomic E-state index is 13.0. The third kappa shape index (κ3) is 4.39. The Bertz CT molecular complexity index is 915. The van der Waals surface area contributed by atoms with E-state index >= 15 is 0 Å². The van der Waals surface area contributed by atoms with Crippen LogP contribution < -0.4 is 9.47 Å². The Morgan fingerprint density at radius 2 is 1.68 bits per heavy atom. The normalized spacial score (nSPS) is 10.7. The average molecular weight is 379 g/mol. The molecule has 0 aliphatic rings. The molecule has 6 heteroatoms. The van der Waals surface area contributed by atoms with Gasteiger partial charge in [0.25, 0.3) is 5.91 Å². The lowest BCUT2D eigenvalue weighted by molar-refractivity contribution is 0.0945. The molecule has 28 heavy (non-hydrogen) atoms. The largest absolute Gasteiger partial charge is 0.497 e. The molecule has 146 valence electrons. The van der Waals surface area contributed by atoms with Gasteiger partial charge in [0.2, 0.25) is 0 Å². The predicted molar refractivity (Wildman–Crippen MR) is 108 cm³/mol. The van der Waals surface area contributed by atoms with Crippen molar-refractivity contribution in [2.45, 2.75) is 32.6 Å². The molecule has 0 amide bonds. The summed E-state index contributed by atoms with van der Waals surface area (Å²) in [5, 5.41) is 4.21. The van der Waals surface area contributed by atoms with Crippen LogP contribution in [0.1, 0.15) is 42.1 Å². The van der Waals surface area contributed by atoms with Crippen molar-refractivity contribution >= 4 is 5.91 Å². The molecule has 0 bridgehead atoms. The summed E-state index contributed by atoms with van der Waals surface area (Å²) in [5.41, 5.74) is 2.54. The van der Waals surface area contributed by atoms with Crippen molar-refractivity contribution in [3.63, 3.8) is 0 Å². The molecule has 0 N–H and O–H groups in total. The number of hydrogen-bond acceptors (Lipinski definition) is 5. The Morgan fingerprint density at radius 3 is 2.29 bits per heavy atom. The summed E-state index contributed by atoms with van der Waals surface area (Å²) in [6.45, 7) is 2.19. The van der Waals surface area contributed by atoms with Gasteiger partial charge in [0.15, 0.2) is 5.82 Å². The first-order valence-corrected chi connectivity index (χ1v) is 9.45. The van der Waals surface area contributed by atoms with Crippen LogP contribution in [0.25, 0.3) is 11.4 Å². The van der Waals surface area contributed by atoms with E-state index in [0.29, 0.717) is 11.4 Å². The maximum absolute atomic E-state index is 13.0. The summed E-state index contributed by atoms with van der Waals surface area (Å²) in [7, 11) is 3.09. The second kappa shape index (κ2) is 9.17. The van der Waals surface area contributed by atoms with Crippen LogP contribution in [0.4, 0.5) is 0 Å². The number of unbranched alkanes of at least 4 members (excludes halogenated alkanes) is 2. The Labute approximate surface area is 165 Å². The highest BCUT2D eigenvalue weighted by Gasteiger charge is 2.19. The number of rotatable bonds is 8. The van der Waals surface area contributed by atoms with Crippen LogP contribution in [0, 0.1) is 0 Å². The molecule has 0 saturated carbocycles. The van der Waals surface area contributed by atoms with E-state index in [2.05, 4.69) is 17.0 Å². The zero-order valence-electron chi connectivity index (χ0n) is 16.5. The fraction of sp³-hybridized carbons (Fsp3) is 0.318. The lowest BCUT2D eigenvalue weighted by Crippen LogP contribution is -2.15. The minimum absolute atomic E-state index is 0.148. The summed E-state index contributed by atoms with van der Waals surface area (Å²) in [6, 6.07) is 15.1. The molecule has 2 aromatic carbocycles. The first kappa shape index (κ1) is 19.6. The van der Waals surface area contributed by atoms with Crippen molar-refractivity contribution < 1.29 is 14.3 Å². The number of methoxy groups -OCH3 is 2. The molecular formula is C22H25N3O3. The van der Waals surface area contributed by atoms with E-state index in [9.17, 15) is 4.79 Å². The highest BCUT2D eigenvalue weighted by molar-refractivity contribution is 5.97. The van der Waals surface area contributed by atoms with Gasteiger partial charge in [0, 0.05) is 11.1 Å². The van der Waals surface area contributed by atoms with Crippen LogP contribution in [0.2, 0.25) is 0 Å². The quantitative estimate of drug-likeness (QED) is 0.543. The number of hydrogen-bond donors (Lipinski definition) is 0. The summed E-state index contributed by atoms with van der Waals surface area (Å²) < 4.78 is 11.6. The van der Waals surface area contributed by atoms with Crippen LogP contribution in [-0.2, 0) is 6.42 Å². The van der Waals surface area contributed by atoms with E-state index in [1.807, 2.05) is 48.5 Å². The van der Waals surface area contributed by atoms with Crippen molar-refractivity contribution in [3.05, 3.63) is 59.7 Å². The molecular weight excluding hydrogens is 354 g/mol. The number of aromatic nitrogens is 3. The summed E-state index contributed by atoms with van der Waals surface area (Å²) in [5.74, 6) is 0.907. The second-order valence-electron chi connectivity index (χ2n) is 6.52. The molecule has 0 aliphatic carbocycles. The van der Waals surface area contributed by atoms with E-state index in [-0.39, 0.29) is 11.9 Å². The molecule has 1 aromatic heterocycles. The van der Waals surface area contributed by atoms with Gasteiger partial charge in [0.05, 0.1) is 14.2 Å². The number of nitrogens with zero attached hydrogens (tertiary/aromatic N) is 3. The van der Waals surface area contributed by atoms with Crippen LogP contribution in [0.15, 0.2) is 48.5 Å². The number of carbonyl (C=O) groups excluding carboxylic acids is 1. The highest BCUT2D eigenvalue weighted by Crippen LogP contribution is 2.23. The first-order chi connectivity index (χ1) is 13.7. The molecule has 0 unspecified atom stereocenters. The van der Waals surface area contributed by atoms with Crippen LogP contribution >= 0.6 is 0 Å². The number of aryl methyl sites for hydroxylation is 1. The first-order valence-electron chi connectivity index (χ1n) is 9.45. The lowest BCUT2D eigenvalue weighted by Gasteiger charge is -2.07. The minimum atomic E-state index is -0.248. The topological polar surface area (TPSA) is 66.2 Å². The second-order valence-corrected chi connectivity index (χ2v) is 6.52. The fourth-order valence-electron chi connectivity index (χ4n) is 2.96. The van der Waals surface area contributed by atoms with E-state index in [0.717, 1.165) is 24.2 Å². The van der Waals surface area contributed by atoms with Gasteiger partial charge < -0.3 is 9.47 Å². The lowest BCUT2D eigenvalue weighted by atomic mass is 10.1. The molecule has 0 aliphatic heterocycles. The monoisotopic (exact) mass is 379 g/mol. The van der Waals surface area contributed by atoms with Crippen molar-refractivity contribution in [2.24, 2.45) is 0 Å². The molecule has 0 radical (unpaired) electrons. The highest BCUT2D eigenvalue weighted by atomic mass is 16.5. The average Bonchev–Trinajstić information content (AvgIpc) is 3.18. The standard InChI is InChI=1S/C22H25N3O3/c1-4-5-6-7-16-8-10-18(11-9-16)21(26)25-20(23-22(24-25)28-3)17-12-14-19(27-2)15-13-17/h8-15H,4-7H2,1-3H3. The Kier molecular flexibility index (Phi) is 6.42. The molecule has 3 aromatic rings. The van der Waals surface area contributed by atoms with Crippen LogP contribution in [0.5, 0.6) is 11.8 Å². The van der Waals surface area contributed by atoms with Crippen LogP contribution in [-0.4, -0.2) is 34.9 Å². The van der Waals surface area contributed by atoms with Crippen LogP contribution in [0.3, 0.4) is 0 Å². The third-order valence-corrected chi connectivity index (χ3v) is 4.58. The number of carbonyl (C=O) groups is 1. The van der Waals surface area contributed by atoms with Gasteiger partial charge in [-0.2, -0.15) is 9.67 Å². The van der Waals surface area contributed by atoms with Gasteiger partial charge in [-0.3, -0.25) is 4.79 Å². The van der Waals surface area contributed by atoms with Gasteiger partial charge in [0.1, 0.15) is 5.75 Å². The Balaban J connectivity index is 1.87. The van der Waals surface area contributed by atoms with Gasteiger partial charge in [-0.25, -0.2) is 0 Å². The maximum Gasteiger partial charge on any atom is 0.336 e. The molecule has 1 heterocycles. The van der Waals surface area contributed by atoms with Crippen molar-refractivity contribution in [3.8, 4) is 23.1 Å². The zero-order chi connectivity index (χ0) is 19.9. The third-order valence-electron chi connectivity index (χ3n) is 4.58. The SMILES string of the molecule is CCCCCc1ccc(C(=O)n2nc(OC)nc2-c2ccc(OC)cc2)cc1. The molecule has 6 nitrogen and oxygen atoms in total. The van der Waals surface area contributed by atoms with Crippen molar-refractivity contribution in [1.82, 2.24) is 14.8 Å². The summed E-state index contributed by atoms with van der Waals surface area (Å²) in [6.07, 6.45) is 4.59. The minimum Gasteiger partial charge on any atom is -0.497 e. The number of benzene rings is 2.